The van der Waals surface area contributed by atoms with E-state index in [-0.39, 0.29) is 0 Å². The van der Waals surface area contributed by atoms with Crippen molar-refractivity contribution >= 4 is 11.3 Å². The van der Waals surface area contributed by atoms with E-state index >= 15 is 0 Å². The average Bonchev–Trinajstić information content (AvgIpc) is 2.28. The van der Waals surface area contributed by atoms with Crippen LogP contribution in [0.15, 0.2) is 31.4 Å². The molecule has 0 bridgehead atoms. The fourth-order valence-electron chi connectivity index (χ4n) is 1.96. The molecule has 0 heterocycles. The predicted molar refractivity (Wildman–Crippen MR) is 73.2 cm³/mol. The lowest BCUT2D eigenvalue weighted by molar-refractivity contribution is 0.936. The van der Waals surface area contributed by atoms with Crippen molar-refractivity contribution in [3.05, 3.63) is 48.0 Å². The SMILES string of the molecule is C=C(C)c1cccc(C(=C)NCC)c1CC. The van der Waals surface area contributed by atoms with E-state index in [9.17, 15) is 0 Å². The molecule has 1 rings (SSSR count). The molecule has 1 N–H and O–H groups in total. The number of rotatable bonds is 5. The molecule has 0 saturated carbocycles. The topological polar surface area (TPSA) is 12.0 Å². The van der Waals surface area contributed by atoms with E-state index in [1.165, 1.54) is 16.7 Å². The average molecular weight is 215 g/mol. The first-order valence-corrected chi connectivity index (χ1v) is 5.82. The van der Waals surface area contributed by atoms with E-state index in [0.717, 1.165) is 24.2 Å². The van der Waals surface area contributed by atoms with Crippen LogP contribution in [0.2, 0.25) is 0 Å². The van der Waals surface area contributed by atoms with E-state index < -0.39 is 0 Å². The Morgan fingerprint density at radius 2 is 1.81 bits per heavy atom. The maximum atomic E-state index is 4.08. The number of hydrogen-bond donors (Lipinski definition) is 1. The number of allylic oxidation sites excluding steroid dienone is 1. The number of benzene rings is 1. The van der Waals surface area contributed by atoms with Gasteiger partial charge in [0.05, 0.1) is 0 Å². The Kier molecular flexibility index (Phi) is 4.36. The summed E-state index contributed by atoms with van der Waals surface area (Å²) in [4.78, 5) is 0. The molecule has 0 unspecified atom stereocenters. The normalized spacial score (nSPS) is 9.94. The first-order chi connectivity index (χ1) is 7.61. The van der Waals surface area contributed by atoms with Crippen LogP contribution in [-0.4, -0.2) is 6.54 Å². The van der Waals surface area contributed by atoms with Crippen molar-refractivity contribution in [3.63, 3.8) is 0 Å². The van der Waals surface area contributed by atoms with Gasteiger partial charge in [-0.2, -0.15) is 0 Å². The van der Waals surface area contributed by atoms with Gasteiger partial charge in [0.1, 0.15) is 0 Å². The van der Waals surface area contributed by atoms with Crippen LogP contribution in [0.1, 0.15) is 37.5 Å². The third-order valence-electron chi connectivity index (χ3n) is 2.70. The molecule has 0 fully saturated rings. The highest BCUT2D eigenvalue weighted by Crippen LogP contribution is 2.25. The summed E-state index contributed by atoms with van der Waals surface area (Å²) in [6, 6.07) is 6.32. The summed E-state index contributed by atoms with van der Waals surface area (Å²) >= 11 is 0. The van der Waals surface area contributed by atoms with Crippen molar-refractivity contribution in [1.29, 1.82) is 0 Å². The molecule has 16 heavy (non-hydrogen) atoms. The fourth-order valence-corrected chi connectivity index (χ4v) is 1.96. The predicted octanol–water partition coefficient (Wildman–Crippen LogP) is 3.86. The van der Waals surface area contributed by atoms with Crippen molar-refractivity contribution in [1.82, 2.24) is 5.32 Å². The van der Waals surface area contributed by atoms with Crippen LogP contribution in [0.4, 0.5) is 0 Å². The zero-order chi connectivity index (χ0) is 12.1. The molecule has 0 aliphatic heterocycles. The minimum Gasteiger partial charge on any atom is -0.385 e. The Bertz CT molecular complexity index is 402. The molecule has 1 heteroatoms. The maximum absolute atomic E-state index is 4.08. The lowest BCUT2D eigenvalue weighted by Gasteiger charge is -2.16. The summed E-state index contributed by atoms with van der Waals surface area (Å²) in [6.45, 7) is 15.3. The monoisotopic (exact) mass is 215 g/mol. The fraction of sp³-hybridized carbons (Fsp3) is 0.333. The van der Waals surface area contributed by atoms with Crippen LogP contribution < -0.4 is 5.32 Å². The van der Waals surface area contributed by atoms with Gasteiger partial charge in [0.2, 0.25) is 0 Å². The summed E-state index contributed by atoms with van der Waals surface area (Å²) in [5.74, 6) is 0. The lowest BCUT2D eigenvalue weighted by Crippen LogP contribution is -2.12. The van der Waals surface area contributed by atoms with Gasteiger partial charge in [-0.15, -0.1) is 0 Å². The summed E-state index contributed by atoms with van der Waals surface area (Å²) in [5.41, 5.74) is 5.91. The lowest BCUT2D eigenvalue weighted by atomic mass is 9.93. The third-order valence-corrected chi connectivity index (χ3v) is 2.70. The van der Waals surface area contributed by atoms with Gasteiger partial charge in [0.25, 0.3) is 0 Å². The highest BCUT2D eigenvalue weighted by atomic mass is 14.9. The van der Waals surface area contributed by atoms with Crippen molar-refractivity contribution in [2.45, 2.75) is 27.2 Å². The second-order valence-electron chi connectivity index (χ2n) is 3.97. The maximum Gasteiger partial charge on any atom is 0.0343 e. The van der Waals surface area contributed by atoms with Crippen molar-refractivity contribution in [2.75, 3.05) is 6.54 Å². The first-order valence-electron chi connectivity index (χ1n) is 5.82. The van der Waals surface area contributed by atoms with Gasteiger partial charge in [-0.05, 0) is 31.4 Å². The van der Waals surface area contributed by atoms with Crippen LogP contribution in [0.25, 0.3) is 11.3 Å². The number of hydrogen-bond acceptors (Lipinski definition) is 1. The zero-order valence-corrected chi connectivity index (χ0v) is 10.6. The minimum absolute atomic E-state index is 0.902. The smallest absolute Gasteiger partial charge is 0.0343 e. The van der Waals surface area contributed by atoms with Crippen LogP contribution in [-0.2, 0) is 6.42 Å². The van der Waals surface area contributed by atoms with Gasteiger partial charge in [0, 0.05) is 17.8 Å². The second-order valence-corrected chi connectivity index (χ2v) is 3.97. The zero-order valence-electron chi connectivity index (χ0n) is 10.6. The third kappa shape index (κ3) is 2.54. The van der Waals surface area contributed by atoms with E-state index in [2.05, 4.69) is 50.5 Å². The van der Waals surface area contributed by atoms with E-state index in [0.29, 0.717) is 0 Å². The Morgan fingerprint density at radius 1 is 1.19 bits per heavy atom. The second kappa shape index (κ2) is 5.55. The molecule has 0 aromatic heterocycles. The van der Waals surface area contributed by atoms with E-state index in [1.807, 2.05) is 6.92 Å². The molecule has 0 atom stereocenters. The first kappa shape index (κ1) is 12.6. The van der Waals surface area contributed by atoms with Crippen molar-refractivity contribution < 1.29 is 0 Å². The van der Waals surface area contributed by atoms with Gasteiger partial charge in [0.15, 0.2) is 0 Å². The van der Waals surface area contributed by atoms with Gasteiger partial charge in [-0.25, -0.2) is 0 Å². The van der Waals surface area contributed by atoms with Crippen molar-refractivity contribution in [2.24, 2.45) is 0 Å². The van der Waals surface area contributed by atoms with Gasteiger partial charge >= 0.3 is 0 Å². The van der Waals surface area contributed by atoms with Gasteiger partial charge in [-0.3, -0.25) is 0 Å². The summed E-state index contributed by atoms with van der Waals surface area (Å²) in [5, 5.41) is 3.28. The molecule has 0 aliphatic carbocycles. The van der Waals surface area contributed by atoms with Gasteiger partial charge < -0.3 is 5.32 Å². The summed E-state index contributed by atoms with van der Waals surface area (Å²) in [6.07, 6.45) is 1.00. The van der Waals surface area contributed by atoms with E-state index in [1.54, 1.807) is 0 Å². The van der Waals surface area contributed by atoms with Crippen LogP contribution >= 0.6 is 0 Å². The highest BCUT2D eigenvalue weighted by Gasteiger charge is 2.08. The highest BCUT2D eigenvalue weighted by molar-refractivity contribution is 5.73. The Hall–Kier alpha value is -1.50. The minimum atomic E-state index is 0.902. The Balaban J connectivity index is 3.24. The van der Waals surface area contributed by atoms with Crippen LogP contribution in [0, 0.1) is 0 Å². The van der Waals surface area contributed by atoms with Crippen LogP contribution in [0.5, 0.6) is 0 Å². The van der Waals surface area contributed by atoms with E-state index in [4.69, 9.17) is 0 Å². The molecular formula is C15H21N. The largest absolute Gasteiger partial charge is 0.385 e. The molecule has 1 nitrogen and oxygen atoms in total. The van der Waals surface area contributed by atoms with Crippen molar-refractivity contribution in [3.8, 4) is 0 Å². The molecule has 0 amide bonds. The molecule has 1 aromatic rings. The van der Waals surface area contributed by atoms with Gasteiger partial charge in [-0.1, -0.05) is 43.9 Å². The Morgan fingerprint density at radius 3 is 2.31 bits per heavy atom. The quantitative estimate of drug-likeness (QED) is 0.786. The molecule has 0 radical (unpaired) electrons. The van der Waals surface area contributed by atoms with Crippen LogP contribution in [0.3, 0.4) is 0 Å². The molecule has 1 aromatic carbocycles. The molecule has 0 spiro atoms. The summed E-state index contributed by atoms with van der Waals surface area (Å²) < 4.78 is 0. The molecular weight excluding hydrogens is 194 g/mol. The standard InChI is InChI=1S/C15H21N/c1-6-13-14(11(3)4)9-8-10-15(13)12(5)16-7-2/h8-10,16H,3,5-7H2,1-2,4H3. The summed E-state index contributed by atoms with van der Waals surface area (Å²) in [7, 11) is 0. The molecule has 86 valence electrons. The molecule has 0 aliphatic rings. The number of nitrogens with one attached hydrogen (secondary N) is 1. The molecule has 0 saturated heterocycles. The Labute approximate surface area is 98.9 Å².